The molecule has 6 nitrogen and oxygen atoms in total. The van der Waals surface area contributed by atoms with Crippen LogP contribution in [0.3, 0.4) is 0 Å². The first kappa shape index (κ1) is 28.9. The number of esters is 1. The molecular formula is C33H30F3N3O3. The van der Waals surface area contributed by atoms with Gasteiger partial charge in [-0.3, -0.25) is 9.69 Å². The van der Waals surface area contributed by atoms with Crippen LogP contribution in [0.1, 0.15) is 27.5 Å². The molecule has 216 valence electrons. The fourth-order valence-electron chi connectivity index (χ4n) is 5.21. The van der Waals surface area contributed by atoms with Crippen molar-refractivity contribution in [2.45, 2.75) is 12.2 Å². The van der Waals surface area contributed by atoms with Crippen LogP contribution in [0.15, 0.2) is 103 Å². The number of benzene rings is 4. The number of hydrogen-bond acceptors (Lipinski definition) is 5. The lowest BCUT2D eigenvalue weighted by molar-refractivity contribution is -0.147. The van der Waals surface area contributed by atoms with Gasteiger partial charge >= 0.3 is 12.1 Å². The third-order valence-corrected chi connectivity index (χ3v) is 7.40. The third-order valence-electron chi connectivity index (χ3n) is 7.40. The van der Waals surface area contributed by atoms with Crippen molar-refractivity contribution in [2.75, 3.05) is 43.5 Å². The van der Waals surface area contributed by atoms with Crippen molar-refractivity contribution in [3.8, 4) is 11.1 Å². The van der Waals surface area contributed by atoms with Crippen molar-refractivity contribution in [3.63, 3.8) is 0 Å². The van der Waals surface area contributed by atoms with Gasteiger partial charge in [0.1, 0.15) is 6.04 Å². The first-order chi connectivity index (χ1) is 20.2. The van der Waals surface area contributed by atoms with Crippen molar-refractivity contribution in [3.05, 3.63) is 120 Å². The first-order valence-corrected chi connectivity index (χ1v) is 13.5. The van der Waals surface area contributed by atoms with Gasteiger partial charge in [0.2, 0.25) is 0 Å². The number of piperazine rings is 1. The van der Waals surface area contributed by atoms with E-state index in [0.29, 0.717) is 48.6 Å². The van der Waals surface area contributed by atoms with E-state index in [0.717, 1.165) is 23.4 Å². The summed E-state index contributed by atoms with van der Waals surface area (Å²) in [7, 11) is 1.40. The second-order valence-corrected chi connectivity index (χ2v) is 9.98. The minimum absolute atomic E-state index is 0.283. The standard InChI is InChI=1S/C33H30F3N3O3/c1-42-32(41)30(24-7-3-2-4-8-24)39-21-19-38(20-22-39)27-17-15-26(16-18-27)37-31(40)29-10-6-5-9-28(29)23-11-13-25(14-12-23)33(34,35)36/h2-18,30H,19-22H2,1H3,(H,37,40). The predicted octanol–water partition coefficient (Wildman–Crippen LogP) is 6.66. The molecule has 1 N–H and O–H groups in total. The van der Waals surface area contributed by atoms with Gasteiger partial charge in [-0.2, -0.15) is 13.2 Å². The van der Waals surface area contributed by atoms with E-state index in [1.54, 1.807) is 24.3 Å². The highest BCUT2D eigenvalue weighted by atomic mass is 19.4. The van der Waals surface area contributed by atoms with Crippen LogP contribution in [0.2, 0.25) is 0 Å². The molecule has 0 bridgehead atoms. The lowest BCUT2D eigenvalue weighted by Gasteiger charge is -2.39. The molecular weight excluding hydrogens is 543 g/mol. The van der Waals surface area contributed by atoms with Crippen LogP contribution in [0.25, 0.3) is 11.1 Å². The summed E-state index contributed by atoms with van der Waals surface area (Å²) in [6.45, 7) is 2.78. The molecule has 1 aliphatic heterocycles. The van der Waals surface area contributed by atoms with E-state index in [1.807, 2.05) is 54.6 Å². The van der Waals surface area contributed by atoms with E-state index < -0.39 is 17.8 Å². The molecule has 0 radical (unpaired) electrons. The number of anilines is 2. The Morgan fingerprint density at radius 3 is 2.02 bits per heavy atom. The number of carbonyl (C=O) groups excluding carboxylic acids is 2. The van der Waals surface area contributed by atoms with Gasteiger partial charge in [-0.1, -0.05) is 60.7 Å². The minimum Gasteiger partial charge on any atom is -0.468 e. The van der Waals surface area contributed by atoms with Crippen LogP contribution in [0.5, 0.6) is 0 Å². The molecule has 5 rings (SSSR count). The summed E-state index contributed by atoms with van der Waals surface area (Å²) in [5, 5.41) is 2.90. The zero-order valence-electron chi connectivity index (χ0n) is 23.0. The molecule has 0 saturated carbocycles. The summed E-state index contributed by atoms with van der Waals surface area (Å²) >= 11 is 0. The number of carbonyl (C=O) groups is 2. The molecule has 1 unspecified atom stereocenters. The Labute approximate surface area is 242 Å². The molecule has 1 atom stereocenters. The second-order valence-electron chi connectivity index (χ2n) is 9.98. The third kappa shape index (κ3) is 6.47. The van der Waals surface area contributed by atoms with Crippen molar-refractivity contribution < 1.29 is 27.5 Å². The van der Waals surface area contributed by atoms with Crippen LogP contribution in [0.4, 0.5) is 24.5 Å². The van der Waals surface area contributed by atoms with Crippen molar-refractivity contribution in [2.24, 2.45) is 0 Å². The predicted molar refractivity (Wildman–Crippen MR) is 156 cm³/mol. The summed E-state index contributed by atoms with van der Waals surface area (Å²) in [5.74, 6) is -0.642. The molecule has 42 heavy (non-hydrogen) atoms. The van der Waals surface area contributed by atoms with Crippen LogP contribution < -0.4 is 10.2 Å². The van der Waals surface area contributed by atoms with Crippen LogP contribution in [-0.4, -0.2) is 50.1 Å². The lowest BCUT2D eigenvalue weighted by atomic mass is 9.98. The molecule has 1 aliphatic rings. The largest absolute Gasteiger partial charge is 0.468 e. The number of ether oxygens (including phenoxy) is 1. The quantitative estimate of drug-likeness (QED) is 0.251. The Balaban J connectivity index is 1.23. The molecule has 1 amide bonds. The maximum absolute atomic E-state index is 13.2. The van der Waals surface area contributed by atoms with Gasteiger partial charge < -0.3 is 15.0 Å². The van der Waals surface area contributed by atoms with E-state index >= 15 is 0 Å². The van der Waals surface area contributed by atoms with Crippen molar-refractivity contribution in [1.82, 2.24) is 4.90 Å². The number of nitrogens with zero attached hydrogens (tertiary/aromatic N) is 2. The average Bonchev–Trinajstić information content (AvgIpc) is 3.02. The highest BCUT2D eigenvalue weighted by molar-refractivity contribution is 6.08. The van der Waals surface area contributed by atoms with E-state index in [4.69, 9.17) is 4.74 Å². The normalized spacial score (nSPS) is 14.7. The van der Waals surface area contributed by atoms with Crippen LogP contribution in [0, 0.1) is 0 Å². The lowest BCUT2D eigenvalue weighted by Crippen LogP contribution is -2.49. The Morgan fingerprint density at radius 2 is 1.40 bits per heavy atom. The Kier molecular flexibility index (Phi) is 8.59. The number of methoxy groups -OCH3 is 1. The van der Waals surface area contributed by atoms with E-state index in [1.165, 1.54) is 19.2 Å². The molecule has 0 spiro atoms. The molecule has 0 aromatic heterocycles. The highest BCUT2D eigenvalue weighted by Crippen LogP contribution is 2.32. The van der Waals surface area contributed by atoms with Gasteiger partial charge in [0.25, 0.3) is 5.91 Å². The molecule has 4 aromatic rings. The SMILES string of the molecule is COC(=O)C(c1ccccc1)N1CCN(c2ccc(NC(=O)c3ccccc3-c3ccc(C(F)(F)F)cc3)cc2)CC1. The Bertz CT molecular complexity index is 1520. The molecule has 1 heterocycles. The smallest absolute Gasteiger partial charge is 0.416 e. The van der Waals surface area contributed by atoms with Gasteiger partial charge in [0.05, 0.1) is 12.7 Å². The maximum Gasteiger partial charge on any atom is 0.416 e. The zero-order valence-corrected chi connectivity index (χ0v) is 23.0. The topological polar surface area (TPSA) is 61.9 Å². The highest BCUT2D eigenvalue weighted by Gasteiger charge is 2.32. The molecule has 9 heteroatoms. The van der Waals surface area contributed by atoms with Gasteiger partial charge in [0, 0.05) is 43.1 Å². The summed E-state index contributed by atoms with van der Waals surface area (Å²) in [5.41, 5.74) is 3.17. The molecule has 1 saturated heterocycles. The number of amides is 1. The second kappa shape index (κ2) is 12.5. The van der Waals surface area contributed by atoms with Crippen molar-refractivity contribution in [1.29, 1.82) is 0 Å². The summed E-state index contributed by atoms with van der Waals surface area (Å²) < 4.78 is 44.1. The maximum atomic E-state index is 13.2. The molecule has 4 aromatic carbocycles. The number of alkyl halides is 3. The fraction of sp³-hybridized carbons (Fsp3) is 0.212. The molecule has 1 fully saturated rings. The zero-order chi connectivity index (χ0) is 29.7. The van der Waals surface area contributed by atoms with Gasteiger partial charge in [-0.25, -0.2) is 4.79 Å². The monoisotopic (exact) mass is 573 g/mol. The van der Waals surface area contributed by atoms with Crippen LogP contribution in [-0.2, 0) is 15.7 Å². The Morgan fingerprint density at radius 1 is 0.786 bits per heavy atom. The van der Waals surface area contributed by atoms with Crippen molar-refractivity contribution >= 4 is 23.3 Å². The van der Waals surface area contributed by atoms with Gasteiger partial charge in [0.15, 0.2) is 0 Å². The Hall–Kier alpha value is -4.63. The van der Waals surface area contributed by atoms with E-state index in [-0.39, 0.29) is 11.9 Å². The summed E-state index contributed by atoms with van der Waals surface area (Å²) in [6, 6.07) is 28.2. The van der Waals surface area contributed by atoms with E-state index in [2.05, 4.69) is 15.1 Å². The van der Waals surface area contributed by atoms with Gasteiger partial charge in [-0.15, -0.1) is 0 Å². The fourth-order valence-corrected chi connectivity index (χ4v) is 5.21. The van der Waals surface area contributed by atoms with Crippen LogP contribution >= 0.6 is 0 Å². The number of nitrogens with one attached hydrogen (secondary N) is 1. The summed E-state index contributed by atoms with van der Waals surface area (Å²) in [6.07, 6.45) is -4.43. The van der Waals surface area contributed by atoms with E-state index in [9.17, 15) is 22.8 Å². The number of rotatable bonds is 7. The summed E-state index contributed by atoms with van der Waals surface area (Å²) in [4.78, 5) is 30.1. The average molecular weight is 574 g/mol. The number of halogens is 3. The van der Waals surface area contributed by atoms with Gasteiger partial charge in [-0.05, 0) is 59.2 Å². The minimum atomic E-state index is -4.43. The molecule has 0 aliphatic carbocycles. The first-order valence-electron chi connectivity index (χ1n) is 13.5. The number of hydrogen-bond donors (Lipinski definition) is 1.